The van der Waals surface area contributed by atoms with E-state index < -0.39 is 0 Å². The van der Waals surface area contributed by atoms with Gasteiger partial charge in [-0.15, -0.1) is 0 Å². The number of thiocarbonyl (C=S) groups is 1. The maximum Gasteiger partial charge on any atom is 0.307 e. The van der Waals surface area contributed by atoms with E-state index in [0.29, 0.717) is 16.7 Å². The summed E-state index contributed by atoms with van der Waals surface area (Å²) in [5.41, 5.74) is 1.77. The van der Waals surface area contributed by atoms with Crippen molar-refractivity contribution < 1.29 is 13.9 Å². The molecule has 30 heavy (non-hydrogen) atoms. The van der Waals surface area contributed by atoms with E-state index in [1.165, 1.54) is 7.11 Å². The number of carbonyl (C=O) groups excluding carboxylic acids is 1. The van der Waals surface area contributed by atoms with Crippen LogP contribution in [0.25, 0.3) is 11.3 Å². The quantitative estimate of drug-likeness (QED) is 0.445. The fraction of sp³-hybridized carbons (Fsp3) is 0.227. The average Bonchev–Trinajstić information content (AvgIpc) is 3.37. The average molecular weight is 442 g/mol. The number of benzene rings is 1. The lowest BCUT2D eigenvalue weighted by atomic mass is 10.0. The number of hydrogen-bond donors (Lipinski definition) is 1. The number of nitrogens with one attached hydrogen (secondary N) is 1. The SMILES string of the molecule is COC(=O)CCN1C(=S)NC(c2ccccn2)C1c1ccc(-c2ccc(Cl)cc2)o1. The Morgan fingerprint density at radius 3 is 2.73 bits per heavy atom. The zero-order valence-corrected chi connectivity index (χ0v) is 17.8. The zero-order chi connectivity index (χ0) is 21.1. The molecule has 1 N–H and O–H groups in total. The van der Waals surface area contributed by atoms with Gasteiger partial charge in [-0.3, -0.25) is 9.78 Å². The lowest BCUT2D eigenvalue weighted by Crippen LogP contribution is -2.31. The second kappa shape index (κ2) is 8.85. The summed E-state index contributed by atoms with van der Waals surface area (Å²) in [6.45, 7) is 0.406. The fourth-order valence-electron chi connectivity index (χ4n) is 3.55. The molecule has 0 aliphatic carbocycles. The largest absolute Gasteiger partial charge is 0.469 e. The van der Waals surface area contributed by atoms with E-state index in [-0.39, 0.29) is 24.5 Å². The van der Waals surface area contributed by atoms with Crippen LogP contribution in [0.15, 0.2) is 65.2 Å². The molecule has 1 aliphatic heterocycles. The van der Waals surface area contributed by atoms with Gasteiger partial charge in [-0.25, -0.2) is 0 Å². The van der Waals surface area contributed by atoms with Gasteiger partial charge in [0.2, 0.25) is 0 Å². The molecule has 0 saturated carbocycles. The van der Waals surface area contributed by atoms with Crippen molar-refractivity contribution in [2.24, 2.45) is 0 Å². The smallest absolute Gasteiger partial charge is 0.307 e. The Balaban J connectivity index is 1.68. The van der Waals surface area contributed by atoms with Crippen molar-refractivity contribution in [3.8, 4) is 11.3 Å². The molecule has 0 amide bonds. The van der Waals surface area contributed by atoms with Crippen molar-refractivity contribution in [1.29, 1.82) is 0 Å². The number of rotatable bonds is 6. The van der Waals surface area contributed by atoms with Gasteiger partial charge in [-0.2, -0.15) is 0 Å². The molecule has 4 rings (SSSR count). The monoisotopic (exact) mass is 441 g/mol. The predicted octanol–water partition coefficient (Wildman–Crippen LogP) is 4.53. The number of furan rings is 1. The summed E-state index contributed by atoms with van der Waals surface area (Å²) >= 11 is 11.6. The number of esters is 1. The number of nitrogens with zero attached hydrogens (tertiary/aromatic N) is 2. The molecule has 0 radical (unpaired) electrons. The first kappa shape index (κ1) is 20.4. The predicted molar refractivity (Wildman–Crippen MR) is 118 cm³/mol. The Kier molecular flexibility index (Phi) is 6.01. The third-order valence-corrected chi connectivity index (χ3v) is 5.63. The van der Waals surface area contributed by atoms with Crippen LogP contribution in [-0.2, 0) is 9.53 Å². The van der Waals surface area contributed by atoms with Crippen LogP contribution < -0.4 is 5.32 Å². The maximum absolute atomic E-state index is 11.7. The molecule has 8 heteroatoms. The minimum atomic E-state index is -0.292. The van der Waals surface area contributed by atoms with Crippen LogP contribution in [0, 0.1) is 0 Å². The van der Waals surface area contributed by atoms with E-state index in [2.05, 4.69) is 10.3 Å². The fourth-order valence-corrected chi connectivity index (χ4v) is 4.01. The van der Waals surface area contributed by atoms with Crippen LogP contribution in [0.4, 0.5) is 0 Å². The van der Waals surface area contributed by atoms with E-state index >= 15 is 0 Å². The second-order valence-electron chi connectivity index (χ2n) is 6.86. The summed E-state index contributed by atoms with van der Waals surface area (Å²) in [5, 5.41) is 4.54. The molecule has 3 aromatic rings. The number of hydrogen-bond acceptors (Lipinski definition) is 5. The molecule has 0 bridgehead atoms. The highest BCUT2D eigenvalue weighted by Crippen LogP contribution is 2.40. The Morgan fingerprint density at radius 1 is 1.23 bits per heavy atom. The normalized spacial score (nSPS) is 18.3. The molecule has 154 valence electrons. The first-order chi connectivity index (χ1) is 14.6. The highest BCUT2D eigenvalue weighted by molar-refractivity contribution is 7.80. The summed E-state index contributed by atoms with van der Waals surface area (Å²) < 4.78 is 11.0. The van der Waals surface area contributed by atoms with Gasteiger partial charge in [-0.1, -0.05) is 17.7 Å². The third-order valence-electron chi connectivity index (χ3n) is 5.03. The molecular formula is C22H20ClN3O3S. The molecule has 0 spiro atoms. The van der Waals surface area contributed by atoms with Gasteiger partial charge >= 0.3 is 5.97 Å². The summed E-state index contributed by atoms with van der Waals surface area (Å²) in [5.74, 6) is 1.17. The van der Waals surface area contributed by atoms with Gasteiger partial charge in [0.1, 0.15) is 17.6 Å². The molecule has 1 aliphatic rings. The van der Waals surface area contributed by atoms with Gasteiger partial charge < -0.3 is 19.4 Å². The summed E-state index contributed by atoms with van der Waals surface area (Å²) in [4.78, 5) is 18.2. The highest BCUT2D eigenvalue weighted by Gasteiger charge is 2.41. The molecule has 1 aromatic carbocycles. The molecule has 2 atom stereocenters. The van der Waals surface area contributed by atoms with Crippen molar-refractivity contribution in [2.75, 3.05) is 13.7 Å². The maximum atomic E-state index is 11.7. The van der Waals surface area contributed by atoms with E-state index in [9.17, 15) is 4.79 Å². The van der Waals surface area contributed by atoms with Gasteiger partial charge in [0.15, 0.2) is 5.11 Å². The standard InChI is InChI=1S/C22H20ClN3O3S/c1-28-19(27)11-13-26-21(20(25-22(26)30)16-4-2-3-12-24-16)18-10-9-17(29-18)14-5-7-15(23)8-6-14/h2-10,12,20-21H,11,13H2,1H3,(H,25,30). The number of methoxy groups -OCH3 is 1. The molecule has 3 heterocycles. The van der Waals surface area contributed by atoms with E-state index in [4.69, 9.17) is 33.0 Å². The van der Waals surface area contributed by atoms with Crippen LogP contribution in [0.2, 0.25) is 5.02 Å². The lowest BCUT2D eigenvalue weighted by Gasteiger charge is -2.25. The van der Waals surface area contributed by atoms with Crippen molar-refractivity contribution in [3.05, 3.63) is 77.3 Å². The minimum Gasteiger partial charge on any atom is -0.469 e. The van der Waals surface area contributed by atoms with E-state index in [1.54, 1.807) is 6.20 Å². The Hall–Kier alpha value is -2.90. The number of pyridine rings is 1. The summed E-state index contributed by atoms with van der Waals surface area (Å²) in [7, 11) is 1.38. The van der Waals surface area contributed by atoms with E-state index in [0.717, 1.165) is 22.8 Å². The molecular weight excluding hydrogens is 422 g/mol. The molecule has 2 unspecified atom stereocenters. The highest BCUT2D eigenvalue weighted by atomic mass is 35.5. The van der Waals surface area contributed by atoms with Crippen LogP contribution in [-0.4, -0.2) is 34.6 Å². The zero-order valence-electron chi connectivity index (χ0n) is 16.2. The summed E-state index contributed by atoms with van der Waals surface area (Å²) in [6.07, 6.45) is 1.96. The van der Waals surface area contributed by atoms with Crippen molar-refractivity contribution in [2.45, 2.75) is 18.5 Å². The molecule has 1 fully saturated rings. The Morgan fingerprint density at radius 2 is 2.03 bits per heavy atom. The van der Waals surface area contributed by atoms with Crippen molar-refractivity contribution in [1.82, 2.24) is 15.2 Å². The van der Waals surface area contributed by atoms with Crippen molar-refractivity contribution >= 4 is 34.9 Å². The van der Waals surface area contributed by atoms with Crippen LogP contribution in [0.1, 0.15) is 30.0 Å². The van der Waals surface area contributed by atoms with Gasteiger partial charge in [0.25, 0.3) is 0 Å². The van der Waals surface area contributed by atoms with Crippen molar-refractivity contribution in [3.63, 3.8) is 0 Å². The Bertz CT molecular complexity index is 1040. The number of carbonyl (C=O) groups is 1. The van der Waals surface area contributed by atoms with E-state index in [1.807, 2.05) is 59.5 Å². The topological polar surface area (TPSA) is 67.6 Å². The molecule has 6 nitrogen and oxygen atoms in total. The third kappa shape index (κ3) is 4.17. The number of halogens is 1. The second-order valence-corrected chi connectivity index (χ2v) is 7.68. The minimum absolute atomic E-state index is 0.208. The first-order valence-electron chi connectivity index (χ1n) is 9.47. The van der Waals surface area contributed by atoms with Crippen LogP contribution >= 0.6 is 23.8 Å². The van der Waals surface area contributed by atoms with Gasteiger partial charge in [0, 0.05) is 23.3 Å². The lowest BCUT2D eigenvalue weighted by molar-refractivity contribution is -0.140. The number of ether oxygens (including phenoxy) is 1. The van der Waals surface area contributed by atoms with Crippen LogP contribution in [0.5, 0.6) is 0 Å². The van der Waals surface area contributed by atoms with Gasteiger partial charge in [-0.05, 0) is 60.7 Å². The Labute approximate surface area is 184 Å². The summed E-state index contributed by atoms with van der Waals surface area (Å²) in [6, 6.07) is 16.6. The number of aromatic nitrogens is 1. The molecule has 1 saturated heterocycles. The molecule has 2 aromatic heterocycles. The van der Waals surface area contributed by atoms with Gasteiger partial charge in [0.05, 0.1) is 25.3 Å². The van der Waals surface area contributed by atoms with Crippen LogP contribution in [0.3, 0.4) is 0 Å². The first-order valence-corrected chi connectivity index (χ1v) is 10.3.